The number of rotatable bonds is 11. The number of aliphatic hydroxyl groups is 1. The predicted molar refractivity (Wildman–Crippen MR) is 190 cm³/mol. The smallest absolute Gasteiger partial charge is 0.251 e. The molecule has 2 aliphatic heterocycles. The molecule has 3 heterocycles. The van der Waals surface area contributed by atoms with Gasteiger partial charge in [0.2, 0.25) is 17.7 Å². The Morgan fingerprint density at radius 1 is 1.02 bits per heavy atom. The molecule has 1 aromatic heterocycles. The van der Waals surface area contributed by atoms with Crippen LogP contribution in [0.1, 0.15) is 48.8 Å². The van der Waals surface area contributed by atoms with E-state index in [1.54, 1.807) is 23.5 Å². The molecule has 0 aliphatic carbocycles. The highest BCUT2D eigenvalue weighted by Crippen LogP contribution is 2.28. The summed E-state index contributed by atoms with van der Waals surface area (Å²) in [6.07, 6.45) is -0.158. The molecule has 0 unspecified atom stereocenters. The normalized spacial score (nSPS) is 18.6. The van der Waals surface area contributed by atoms with Crippen molar-refractivity contribution in [2.75, 3.05) is 50.7 Å². The second-order valence-corrected chi connectivity index (χ2v) is 14.6. The minimum Gasteiger partial charge on any atom is -0.391 e. The zero-order valence-corrected chi connectivity index (χ0v) is 29.4. The summed E-state index contributed by atoms with van der Waals surface area (Å²) in [5, 5.41) is 22.1. The third-order valence-electron chi connectivity index (χ3n) is 8.98. The Kier molecular flexibility index (Phi) is 11.7. The Morgan fingerprint density at radius 3 is 2.35 bits per heavy atom. The van der Waals surface area contributed by atoms with Gasteiger partial charge in [-0.15, -0.1) is 11.3 Å². The van der Waals surface area contributed by atoms with Crippen LogP contribution in [-0.2, 0) is 20.8 Å². The van der Waals surface area contributed by atoms with Crippen molar-refractivity contribution in [2.24, 2.45) is 5.41 Å². The third kappa shape index (κ3) is 9.22. The lowest BCUT2D eigenvalue weighted by Gasteiger charge is -2.35. The van der Waals surface area contributed by atoms with Crippen molar-refractivity contribution in [1.29, 1.82) is 0 Å². The first-order valence-electron chi connectivity index (χ1n) is 16.8. The van der Waals surface area contributed by atoms with E-state index in [2.05, 4.69) is 31.2 Å². The Balaban J connectivity index is 1.13. The Morgan fingerprint density at radius 2 is 1.71 bits per heavy atom. The number of aliphatic hydroxyl groups excluding tert-OH is 1. The van der Waals surface area contributed by atoms with Crippen molar-refractivity contribution in [1.82, 2.24) is 31.2 Å². The van der Waals surface area contributed by atoms with Crippen molar-refractivity contribution >= 4 is 40.7 Å². The van der Waals surface area contributed by atoms with Crippen LogP contribution < -0.4 is 26.2 Å². The number of anilines is 1. The molecule has 5 N–H and O–H groups in total. The summed E-state index contributed by atoms with van der Waals surface area (Å²) in [5.41, 5.74) is 5.73. The van der Waals surface area contributed by atoms with Crippen molar-refractivity contribution in [3.05, 3.63) is 70.9 Å². The first-order valence-corrected chi connectivity index (χ1v) is 17.7. The Bertz CT molecular complexity index is 1610. The van der Waals surface area contributed by atoms with Gasteiger partial charge < -0.3 is 36.2 Å². The largest absolute Gasteiger partial charge is 0.391 e. The topological polar surface area (TPSA) is 156 Å². The lowest BCUT2D eigenvalue weighted by atomic mass is 9.85. The molecule has 12 nitrogen and oxygen atoms in total. The molecule has 5 rings (SSSR count). The van der Waals surface area contributed by atoms with Gasteiger partial charge in [-0.1, -0.05) is 45.0 Å². The number of β-amino-alcohol motifs (C(OH)–C–C–N with tert-alkyl or cyclic N) is 1. The molecular formula is C36H47N7O5S. The fourth-order valence-corrected chi connectivity index (χ4v) is 7.00. The molecule has 3 atom stereocenters. The van der Waals surface area contributed by atoms with Gasteiger partial charge in [0, 0.05) is 56.9 Å². The number of carbonyl (C=O) groups excluding carboxylic acids is 4. The second-order valence-electron chi connectivity index (χ2n) is 13.7. The van der Waals surface area contributed by atoms with Gasteiger partial charge in [0.1, 0.15) is 12.1 Å². The van der Waals surface area contributed by atoms with Gasteiger partial charge in [-0.2, -0.15) is 0 Å². The first-order chi connectivity index (χ1) is 23.4. The van der Waals surface area contributed by atoms with Gasteiger partial charge in [-0.05, 0) is 54.2 Å². The van der Waals surface area contributed by atoms with Crippen LogP contribution in [-0.4, -0.2) is 103 Å². The van der Waals surface area contributed by atoms with Crippen molar-refractivity contribution < 1.29 is 24.3 Å². The molecule has 262 valence electrons. The SMILES string of the molecule is Cc1ncsc1-c1ccc(CCNC(=O)[C@@H]2C[C@H](O)CN2C(=O)[C@@H](NC(=O)CNC(=O)c2ccc(N3CCNCC3)cc2)C(C)(C)C)cc1. The average molecular weight is 690 g/mol. The van der Waals surface area contributed by atoms with Gasteiger partial charge >= 0.3 is 0 Å². The number of benzene rings is 2. The highest BCUT2D eigenvalue weighted by Gasteiger charge is 2.44. The number of amides is 4. The van der Waals surface area contributed by atoms with E-state index < -0.39 is 41.3 Å². The van der Waals surface area contributed by atoms with E-state index in [-0.39, 0.29) is 25.4 Å². The van der Waals surface area contributed by atoms with Gasteiger partial charge in [0.25, 0.3) is 5.91 Å². The van der Waals surface area contributed by atoms with Gasteiger partial charge in [-0.25, -0.2) is 4.98 Å². The van der Waals surface area contributed by atoms with Crippen LogP contribution >= 0.6 is 11.3 Å². The second kappa shape index (κ2) is 15.9. The number of thiazole rings is 1. The zero-order chi connectivity index (χ0) is 35.1. The summed E-state index contributed by atoms with van der Waals surface area (Å²) in [4.78, 5) is 62.1. The van der Waals surface area contributed by atoms with E-state index in [0.717, 1.165) is 53.6 Å². The number of hydrogen-bond donors (Lipinski definition) is 5. The van der Waals surface area contributed by atoms with Crippen LogP contribution in [0.4, 0.5) is 5.69 Å². The zero-order valence-electron chi connectivity index (χ0n) is 28.6. The monoisotopic (exact) mass is 689 g/mol. The van der Waals surface area contributed by atoms with E-state index in [9.17, 15) is 24.3 Å². The van der Waals surface area contributed by atoms with Gasteiger partial charge in [0.15, 0.2) is 0 Å². The lowest BCUT2D eigenvalue weighted by molar-refractivity contribution is -0.143. The van der Waals surface area contributed by atoms with Gasteiger partial charge in [0.05, 0.1) is 28.7 Å². The predicted octanol–water partition coefficient (Wildman–Crippen LogP) is 2.11. The molecule has 2 saturated heterocycles. The molecule has 3 aromatic rings. The minimum atomic E-state index is -0.989. The van der Waals surface area contributed by atoms with Crippen LogP contribution in [0.15, 0.2) is 54.0 Å². The molecule has 49 heavy (non-hydrogen) atoms. The highest BCUT2D eigenvalue weighted by atomic mass is 32.1. The van der Waals surface area contributed by atoms with E-state index in [4.69, 9.17) is 0 Å². The quantitative estimate of drug-likeness (QED) is 0.205. The number of aryl methyl sites for hydroxylation is 1. The summed E-state index contributed by atoms with van der Waals surface area (Å²) in [6.45, 7) is 11.1. The molecule has 2 aromatic carbocycles. The molecule has 4 amide bonds. The summed E-state index contributed by atoms with van der Waals surface area (Å²) < 4.78 is 0. The van der Waals surface area contributed by atoms with Crippen molar-refractivity contribution in [2.45, 2.75) is 58.7 Å². The molecule has 13 heteroatoms. The number of nitrogens with one attached hydrogen (secondary N) is 4. The lowest BCUT2D eigenvalue weighted by Crippen LogP contribution is -2.58. The van der Waals surface area contributed by atoms with Crippen LogP contribution in [0.5, 0.6) is 0 Å². The maximum absolute atomic E-state index is 13.9. The van der Waals surface area contributed by atoms with Crippen molar-refractivity contribution in [3.63, 3.8) is 0 Å². The summed E-state index contributed by atoms with van der Waals surface area (Å²) in [6, 6.07) is 13.5. The number of hydrogen-bond acceptors (Lipinski definition) is 9. The molecule has 2 fully saturated rings. The third-order valence-corrected chi connectivity index (χ3v) is 9.96. The van der Waals surface area contributed by atoms with Crippen LogP contribution in [0.2, 0.25) is 0 Å². The molecule has 0 radical (unpaired) electrons. The summed E-state index contributed by atoms with van der Waals surface area (Å²) >= 11 is 1.60. The standard InChI is InChI=1S/C36H47N7O5S/c1-23-31(49-22-40-23)25-7-5-24(6-8-25)13-14-38-34(47)29-19-28(44)21-43(29)35(48)32(36(2,3)4)41-30(45)20-39-33(46)26-9-11-27(12-10-26)42-17-15-37-16-18-42/h5-12,22,28-29,32,37,44H,13-21H2,1-4H3,(H,38,47)(H,39,46)(H,41,45)/t28-,29-,32+/m0/s1. The van der Waals surface area contributed by atoms with E-state index >= 15 is 0 Å². The van der Waals surface area contributed by atoms with Crippen LogP contribution in [0.25, 0.3) is 10.4 Å². The van der Waals surface area contributed by atoms with E-state index in [0.29, 0.717) is 18.5 Å². The Labute approximate surface area is 291 Å². The number of piperazine rings is 1. The van der Waals surface area contributed by atoms with Crippen molar-refractivity contribution in [3.8, 4) is 10.4 Å². The molecular weight excluding hydrogens is 643 g/mol. The number of carbonyl (C=O) groups is 4. The van der Waals surface area contributed by atoms with E-state index in [1.165, 1.54) is 4.90 Å². The van der Waals surface area contributed by atoms with E-state index in [1.807, 2.05) is 69.6 Å². The summed E-state index contributed by atoms with van der Waals surface area (Å²) in [7, 11) is 0. The number of nitrogens with zero attached hydrogens (tertiary/aromatic N) is 3. The number of likely N-dealkylation sites (tertiary alicyclic amines) is 1. The molecule has 0 spiro atoms. The molecule has 2 aliphatic rings. The maximum atomic E-state index is 13.9. The summed E-state index contributed by atoms with van der Waals surface area (Å²) in [5.74, 6) is -1.74. The minimum absolute atomic E-state index is 0.0154. The fraction of sp³-hybridized carbons (Fsp3) is 0.472. The van der Waals surface area contributed by atoms with Crippen LogP contribution in [0, 0.1) is 12.3 Å². The molecule has 0 bridgehead atoms. The first kappa shape index (κ1) is 36.0. The number of aromatic nitrogens is 1. The van der Waals surface area contributed by atoms with Crippen LogP contribution in [0.3, 0.4) is 0 Å². The molecule has 0 saturated carbocycles. The maximum Gasteiger partial charge on any atom is 0.251 e. The average Bonchev–Trinajstić information content (AvgIpc) is 3.71. The fourth-order valence-electron chi connectivity index (χ4n) is 6.19. The van der Waals surface area contributed by atoms with Gasteiger partial charge in [-0.3, -0.25) is 19.2 Å². The Hall–Kier alpha value is -4.33. The highest BCUT2D eigenvalue weighted by molar-refractivity contribution is 7.13.